The van der Waals surface area contributed by atoms with Crippen molar-refractivity contribution in [2.24, 2.45) is 0 Å². The average molecular weight is 392 g/mol. The first-order valence-electron chi connectivity index (χ1n) is 10.3. The van der Waals surface area contributed by atoms with Crippen LogP contribution in [0.5, 0.6) is 0 Å². The van der Waals surface area contributed by atoms with Crippen molar-refractivity contribution in [1.82, 2.24) is 9.80 Å². The summed E-state index contributed by atoms with van der Waals surface area (Å²) in [5.74, 6) is 0.0866. The Bertz CT molecular complexity index is 904. The summed E-state index contributed by atoms with van der Waals surface area (Å²) in [6, 6.07) is 15.9. The van der Waals surface area contributed by atoms with Gasteiger partial charge in [0.05, 0.1) is 12.1 Å². The van der Waals surface area contributed by atoms with Gasteiger partial charge in [-0.15, -0.1) is 0 Å². The second kappa shape index (κ2) is 7.99. The van der Waals surface area contributed by atoms with Gasteiger partial charge in [-0.3, -0.25) is 9.59 Å². The number of hydrogen-bond donors (Lipinski definition) is 0. The zero-order chi connectivity index (χ0) is 20.4. The van der Waals surface area contributed by atoms with E-state index in [4.69, 9.17) is 4.74 Å². The summed E-state index contributed by atoms with van der Waals surface area (Å²) in [7, 11) is 0. The SMILES string of the molecule is Cc1ccc(C(=O)N2CCC(=O)N(Cc3ccccc3)C3(CCOC3)C2)cc1C. The fourth-order valence-corrected chi connectivity index (χ4v) is 4.34. The first-order chi connectivity index (χ1) is 14.0. The fraction of sp³-hybridized carbons (Fsp3) is 0.417. The summed E-state index contributed by atoms with van der Waals surface area (Å²) in [6.07, 6.45) is 1.09. The monoisotopic (exact) mass is 392 g/mol. The third kappa shape index (κ3) is 3.92. The van der Waals surface area contributed by atoms with Gasteiger partial charge in [-0.1, -0.05) is 36.4 Å². The van der Waals surface area contributed by atoms with Crippen LogP contribution in [0.25, 0.3) is 0 Å². The molecule has 2 aromatic carbocycles. The Morgan fingerprint density at radius 3 is 2.59 bits per heavy atom. The predicted molar refractivity (Wildman–Crippen MR) is 112 cm³/mol. The van der Waals surface area contributed by atoms with Crippen LogP contribution in [0.15, 0.2) is 48.5 Å². The number of nitrogens with zero attached hydrogens (tertiary/aromatic N) is 2. The summed E-state index contributed by atoms with van der Waals surface area (Å²) in [4.78, 5) is 30.2. The van der Waals surface area contributed by atoms with Crippen molar-refractivity contribution in [1.29, 1.82) is 0 Å². The van der Waals surface area contributed by atoms with Gasteiger partial charge in [0, 0.05) is 38.2 Å². The van der Waals surface area contributed by atoms with Crippen molar-refractivity contribution < 1.29 is 14.3 Å². The Balaban J connectivity index is 1.62. The van der Waals surface area contributed by atoms with Gasteiger partial charge in [0.2, 0.25) is 5.91 Å². The molecular formula is C24H28N2O3. The van der Waals surface area contributed by atoms with Gasteiger partial charge in [0.15, 0.2) is 0 Å². The molecule has 0 bridgehead atoms. The highest BCUT2D eigenvalue weighted by Crippen LogP contribution is 2.32. The number of hydrogen-bond acceptors (Lipinski definition) is 3. The molecule has 2 aliphatic heterocycles. The molecule has 1 unspecified atom stereocenters. The Hall–Kier alpha value is -2.66. The maximum absolute atomic E-state index is 13.3. The Morgan fingerprint density at radius 1 is 1.10 bits per heavy atom. The van der Waals surface area contributed by atoms with Crippen LogP contribution in [0.4, 0.5) is 0 Å². The van der Waals surface area contributed by atoms with Crippen molar-refractivity contribution in [3.8, 4) is 0 Å². The summed E-state index contributed by atoms with van der Waals surface area (Å²) in [5.41, 5.74) is 3.60. The second-order valence-corrected chi connectivity index (χ2v) is 8.27. The molecule has 1 spiro atoms. The van der Waals surface area contributed by atoms with Crippen molar-refractivity contribution in [3.63, 3.8) is 0 Å². The van der Waals surface area contributed by atoms with E-state index < -0.39 is 5.54 Å². The Labute approximate surface area is 172 Å². The smallest absolute Gasteiger partial charge is 0.253 e. The molecule has 29 heavy (non-hydrogen) atoms. The lowest BCUT2D eigenvalue weighted by molar-refractivity contribution is -0.137. The van der Waals surface area contributed by atoms with E-state index in [9.17, 15) is 9.59 Å². The van der Waals surface area contributed by atoms with E-state index in [1.807, 2.05) is 72.2 Å². The molecule has 152 valence electrons. The van der Waals surface area contributed by atoms with Gasteiger partial charge < -0.3 is 14.5 Å². The van der Waals surface area contributed by atoms with Crippen LogP contribution >= 0.6 is 0 Å². The number of carbonyl (C=O) groups is 2. The van der Waals surface area contributed by atoms with E-state index in [1.54, 1.807) is 0 Å². The number of amides is 2. The first-order valence-corrected chi connectivity index (χ1v) is 10.3. The predicted octanol–water partition coefficient (Wildman–Crippen LogP) is 3.34. The van der Waals surface area contributed by atoms with Gasteiger partial charge in [0.25, 0.3) is 5.91 Å². The molecule has 4 rings (SSSR count). The number of benzene rings is 2. The second-order valence-electron chi connectivity index (χ2n) is 8.27. The largest absolute Gasteiger partial charge is 0.379 e. The molecule has 0 radical (unpaired) electrons. The Morgan fingerprint density at radius 2 is 1.90 bits per heavy atom. The van der Waals surface area contributed by atoms with Crippen molar-refractivity contribution in [2.45, 2.75) is 38.8 Å². The molecule has 2 saturated heterocycles. The van der Waals surface area contributed by atoms with Crippen molar-refractivity contribution in [2.75, 3.05) is 26.3 Å². The molecule has 2 amide bonds. The third-order valence-electron chi connectivity index (χ3n) is 6.26. The lowest BCUT2D eigenvalue weighted by Crippen LogP contribution is -2.56. The molecule has 0 N–H and O–H groups in total. The normalized spacial score (nSPS) is 22.2. The highest BCUT2D eigenvalue weighted by atomic mass is 16.5. The topological polar surface area (TPSA) is 49.9 Å². The van der Waals surface area contributed by atoms with Gasteiger partial charge in [-0.2, -0.15) is 0 Å². The van der Waals surface area contributed by atoms with Crippen LogP contribution in [0.3, 0.4) is 0 Å². The van der Waals surface area contributed by atoms with Crippen LogP contribution in [0.2, 0.25) is 0 Å². The van der Waals surface area contributed by atoms with Gasteiger partial charge in [-0.05, 0) is 49.1 Å². The molecule has 0 aromatic heterocycles. The lowest BCUT2D eigenvalue weighted by Gasteiger charge is -2.40. The molecule has 1 atom stereocenters. The molecule has 0 aliphatic carbocycles. The minimum Gasteiger partial charge on any atom is -0.379 e. The van der Waals surface area contributed by atoms with Gasteiger partial charge >= 0.3 is 0 Å². The van der Waals surface area contributed by atoms with E-state index in [2.05, 4.69) is 0 Å². The van der Waals surface area contributed by atoms with Crippen LogP contribution in [0, 0.1) is 13.8 Å². The maximum atomic E-state index is 13.3. The molecule has 5 heteroatoms. The zero-order valence-electron chi connectivity index (χ0n) is 17.2. The molecule has 2 aromatic rings. The average Bonchev–Trinajstić information content (AvgIpc) is 3.15. The quantitative estimate of drug-likeness (QED) is 0.805. The molecule has 2 aliphatic rings. The summed E-state index contributed by atoms with van der Waals surface area (Å²) in [5, 5.41) is 0. The third-order valence-corrected chi connectivity index (χ3v) is 6.26. The molecule has 5 nitrogen and oxygen atoms in total. The molecular weight excluding hydrogens is 364 g/mol. The lowest BCUT2D eigenvalue weighted by atomic mass is 9.94. The van der Waals surface area contributed by atoms with Crippen LogP contribution in [-0.2, 0) is 16.1 Å². The highest BCUT2D eigenvalue weighted by Gasteiger charge is 2.47. The molecule has 0 saturated carbocycles. The van der Waals surface area contributed by atoms with Gasteiger partial charge in [-0.25, -0.2) is 0 Å². The molecule has 2 heterocycles. The van der Waals surface area contributed by atoms with E-state index >= 15 is 0 Å². The number of carbonyl (C=O) groups excluding carboxylic acids is 2. The summed E-state index contributed by atoms with van der Waals surface area (Å²) in [6.45, 7) is 6.66. The van der Waals surface area contributed by atoms with Crippen LogP contribution < -0.4 is 0 Å². The Kier molecular flexibility index (Phi) is 5.41. The standard InChI is InChI=1S/C24H28N2O3/c1-18-8-9-21(14-19(18)2)23(28)25-12-10-22(27)26(15-20-6-4-3-5-7-20)24(16-25)11-13-29-17-24/h3-9,14H,10-13,15-17H2,1-2H3. The number of rotatable bonds is 3. The maximum Gasteiger partial charge on any atom is 0.253 e. The summed E-state index contributed by atoms with van der Waals surface area (Å²) >= 11 is 0. The van der Waals surface area contributed by atoms with E-state index in [0.29, 0.717) is 44.8 Å². The molecule has 2 fully saturated rings. The van der Waals surface area contributed by atoms with Crippen LogP contribution in [-0.4, -0.2) is 53.5 Å². The zero-order valence-corrected chi connectivity index (χ0v) is 17.2. The van der Waals surface area contributed by atoms with Crippen LogP contribution in [0.1, 0.15) is 39.9 Å². The minimum atomic E-state index is -0.459. The van der Waals surface area contributed by atoms with E-state index in [1.165, 1.54) is 5.56 Å². The van der Waals surface area contributed by atoms with E-state index in [-0.39, 0.29) is 11.8 Å². The van der Waals surface area contributed by atoms with Crippen molar-refractivity contribution in [3.05, 3.63) is 70.8 Å². The first kappa shape index (κ1) is 19.6. The number of aryl methyl sites for hydroxylation is 2. The number of ether oxygens (including phenoxy) is 1. The summed E-state index contributed by atoms with van der Waals surface area (Å²) < 4.78 is 5.75. The highest BCUT2D eigenvalue weighted by molar-refractivity contribution is 5.95. The van der Waals surface area contributed by atoms with Crippen molar-refractivity contribution >= 4 is 11.8 Å². The van der Waals surface area contributed by atoms with Gasteiger partial charge in [0.1, 0.15) is 0 Å². The minimum absolute atomic E-state index is 0.00580. The van der Waals surface area contributed by atoms with E-state index in [0.717, 1.165) is 17.5 Å². The fourth-order valence-electron chi connectivity index (χ4n) is 4.34.